The van der Waals surface area contributed by atoms with Gasteiger partial charge in [-0.15, -0.1) is 0 Å². The second-order valence-electron chi connectivity index (χ2n) is 7.24. The molecule has 0 spiro atoms. The van der Waals surface area contributed by atoms with Crippen LogP contribution in [-0.4, -0.2) is 59.5 Å². The zero-order valence-corrected chi connectivity index (χ0v) is 17.2. The highest BCUT2D eigenvalue weighted by Crippen LogP contribution is 2.21. The average Bonchev–Trinajstić information content (AvgIpc) is 2.71. The van der Waals surface area contributed by atoms with Gasteiger partial charge in [0.15, 0.2) is 0 Å². The Morgan fingerprint density at radius 3 is 2.21 bits per heavy atom. The van der Waals surface area contributed by atoms with Crippen LogP contribution in [0, 0.1) is 0 Å². The molecule has 0 radical (unpaired) electrons. The molecule has 10 heteroatoms. The van der Waals surface area contributed by atoms with Crippen molar-refractivity contribution in [2.24, 2.45) is 0 Å². The molecule has 1 amide bonds. The van der Waals surface area contributed by atoms with E-state index in [1.54, 1.807) is 12.1 Å². The van der Waals surface area contributed by atoms with Crippen LogP contribution < -0.4 is 11.1 Å². The fourth-order valence-electron chi connectivity index (χ4n) is 3.17. The minimum absolute atomic E-state index is 0.167. The summed E-state index contributed by atoms with van der Waals surface area (Å²) in [5.74, 6) is -0.0411. The molecule has 0 aliphatic carbocycles. The first-order chi connectivity index (χ1) is 13.7. The standard InChI is InChI=1S/C19H24N4O5S/c1-14(2)15-3-5-16(6-4-15)29(27,28)22-11-9-21(10-12-22)19(26)13-23-18(25)8-7-17(24)20-23/h3-8,14H,9-13H2,1-2H3,(H,20,24). The van der Waals surface area contributed by atoms with Gasteiger partial charge in [0.25, 0.3) is 11.1 Å². The Labute approximate surface area is 168 Å². The number of aromatic nitrogens is 2. The molecule has 3 rings (SSSR count). The number of rotatable bonds is 5. The molecule has 1 aliphatic heterocycles. The molecular formula is C19H24N4O5S. The van der Waals surface area contributed by atoms with Gasteiger partial charge in [-0.3, -0.25) is 19.5 Å². The minimum Gasteiger partial charge on any atom is -0.338 e. The number of aromatic amines is 1. The molecular weight excluding hydrogens is 396 g/mol. The van der Waals surface area contributed by atoms with Gasteiger partial charge in [-0.1, -0.05) is 26.0 Å². The van der Waals surface area contributed by atoms with Gasteiger partial charge in [0.05, 0.1) is 4.90 Å². The summed E-state index contributed by atoms with van der Waals surface area (Å²) in [5.41, 5.74) is 0.106. The second kappa shape index (κ2) is 8.34. The predicted octanol–water partition coefficient (Wildman–Crippen LogP) is 0.193. The van der Waals surface area contributed by atoms with E-state index in [1.165, 1.54) is 9.21 Å². The van der Waals surface area contributed by atoms with E-state index in [1.807, 2.05) is 26.0 Å². The highest BCUT2D eigenvalue weighted by atomic mass is 32.2. The predicted molar refractivity (Wildman–Crippen MR) is 107 cm³/mol. The van der Waals surface area contributed by atoms with Crippen LogP contribution in [0.5, 0.6) is 0 Å². The molecule has 156 valence electrons. The molecule has 9 nitrogen and oxygen atoms in total. The van der Waals surface area contributed by atoms with Crippen LogP contribution in [0.15, 0.2) is 50.9 Å². The van der Waals surface area contributed by atoms with Crippen LogP contribution in [0.4, 0.5) is 0 Å². The first kappa shape index (κ1) is 21.0. The molecule has 29 heavy (non-hydrogen) atoms. The summed E-state index contributed by atoms with van der Waals surface area (Å²) in [4.78, 5) is 37.2. The molecule has 1 N–H and O–H groups in total. The molecule has 0 bridgehead atoms. The lowest BCUT2D eigenvalue weighted by atomic mass is 10.0. The van der Waals surface area contributed by atoms with E-state index in [0.29, 0.717) is 5.92 Å². The number of nitrogens with zero attached hydrogens (tertiary/aromatic N) is 3. The number of amides is 1. The summed E-state index contributed by atoms with van der Waals surface area (Å²) in [6.45, 7) is 4.55. The lowest BCUT2D eigenvalue weighted by Gasteiger charge is -2.34. The molecule has 1 fully saturated rings. The molecule has 2 heterocycles. The lowest BCUT2D eigenvalue weighted by molar-refractivity contribution is -0.133. The van der Waals surface area contributed by atoms with Crippen molar-refractivity contribution in [3.05, 3.63) is 62.7 Å². The number of hydrogen-bond donors (Lipinski definition) is 1. The Kier molecular flexibility index (Phi) is 6.04. The number of nitrogens with one attached hydrogen (secondary N) is 1. The van der Waals surface area contributed by atoms with E-state index >= 15 is 0 Å². The van der Waals surface area contributed by atoms with Gasteiger partial charge in [-0.05, 0) is 23.6 Å². The van der Waals surface area contributed by atoms with E-state index in [2.05, 4.69) is 5.10 Å². The van der Waals surface area contributed by atoms with E-state index in [9.17, 15) is 22.8 Å². The smallest absolute Gasteiger partial charge is 0.265 e. The van der Waals surface area contributed by atoms with Crippen molar-refractivity contribution in [2.75, 3.05) is 26.2 Å². The maximum absolute atomic E-state index is 12.9. The summed E-state index contributed by atoms with van der Waals surface area (Å²) < 4.78 is 28.0. The highest BCUT2D eigenvalue weighted by molar-refractivity contribution is 7.89. The SMILES string of the molecule is CC(C)c1ccc(S(=O)(=O)N2CCN(C(=O)Cn3[nH]c(=O)ccc3=O)CC2)cc1. The van der Waals surface area contributed by atoms with E-state index < -0.39 is 21.1 Å². The molecule has 1 aromatic heterocycles. The number of H-pyrrole nitrogens is 1. The maximum atomic E-state index is 12.9. The molecule has 2 aromatic rings. The minimum atomic E-state index is -3.63. The third-order valence-corrected chi connectivity index (χ3v) is 6.87. The number of benzene rings is 1. The Morgan fingerprint density at radius 2 is 1.62 bits per heavy atom. The fraction of sp³-hybridized carbons (Fsp3) is 0.421. The van der Waals surface area contributed by atoms with Gasteiger partial charge < -0.3 is 4.90 Å². The van der Waals surface area contributed by atoms with Crippen molar-refractivity contribution in [3.63, 3.8) is 0 Å². The van der Waals surface area contributed by atoms with Crippen molar-refractivity contribution in [3.8, 4) is 0 Å². The van der Waals surface area contributed by atoms with Crippen molar-refractivity contribution in [1.29, 1.82) is 0 Å². The number of carbonyl (C=O) groups excluding carboxylic acids is 1. The van der Waals surface area contributed by atoms with Gasteiger partial charge in [-0.2, -0.15) is 4.31 Å². The zero-order valence-electron chi connectivity index (χ0n) is 16.4. The van der Waals surface area contributed by atoms with Gasteiger partial charge in [0.2, 0.25) is 15.9 Å². The van der Waals surface area contributed by atoms with E-state index in [-0.39, 0.29) is 43.5 Å². The third kappa shape index (κ3) is 4.65. The summed E-state index contributed by atoms with van der Waals surface area (Å²) in [6, 6.07) is 9.05. The average molecular weight is 420 g/mol. The van der Waals surface area contributed by atoms with Gasteiger partial charge in [0.1, 0.15) is 6.54 Å². The van der Waals surface area contributed by atoms with Crippen molar-refractivity contribution >= 4 is 15.9 Å². The van der Waals surface area contributed by atoms with Gasteiger partial charge >= 0.3 is 0 Å². The quantitative estimate of drug-likeness (QED) is 0.742. The second-order valence-corrected chi connectivity index (χ2v) is 9.18. The third-order valence-electron chi connectivity index (χ3n) is 4.96. The first-order valence-corrected chi connectivity index (χ1v) is 10.8. The largest absolute Gasteiger partial charge is 0.338 e. The number of carbonyl (C=O) groups is 1. The van der Waals surface area contributed by atoms with Crippen LogP contribution in [0.25, 0.3) is 0 Å². The Balaban J connectivity index is 1.64. The normalized spacial score (nSPS) is 15.6. The summed E-state index contributed by atoms with van der Waals surface area (Å²) in [6.07, 6.45) is 0. The molecule has 0 unspecified atom stereocenters. The summed E-state index contributed by atoms with van der Waals surface area (Å²) in [7, 11) is -3.63. The van der Waals surface area contributed by atoms with Crippen LogP contribution in [-0.2, 0) is 21.4 Å². The van der Waals surface area contributed by atoms with Crippen LogP contribution in [0.2, 0.25) is 0 Å². The lowest BCUT2D eigenvalue weighted by Crippen LogP contribution is -2.51. The van der Waals surface area contributed by atoms with Crippen LogP contribution in [0.3, 0.4) is 0 Å². The Hall–Kier alpha value is -2.72. The monoisotopic (exact) mass is 420 g/mol. The topological polar surface area (TPSA) is 113 Å². The fourth-order valence-corrected chi connectivity index (χ4v) is 4.59. The van der Waals surface area contributed by atoms with Gasteiger partial charge in [-0.25, -0.2) is 13.1 Å². The van der Waals surface area contributed by atoms with Crippen molar-refractivity contribution < 1.29 is 13.2 Å². The van der Waals surface area contributed by atoms with Crippen LogP contribution in [0.1, 0.15) is 25.3 Å². The van der Waals surface area contributed by atoms with E-state index in [4.69, 9.17) is 0 Å². The summed E-state index contributed by atoms with van der Waals surface area (Å²) >= 11 is 0. The van der Waals surface area contributed by atoms with Gasteiger partial charge in [0, 0.05) is 38.3 Å². The molecule has 1 saturated heterocycles. The molecule has 0 saturated carbocycles. The van der Waals surface area contributed by atoms with Crippen molar-refractivity contribution in [2.45, 2.75) is 31.2 Å². The number of sulfonamides is 1. The number of piperazine rings is 1. The Morgan fingerprint density at radius 1 is 1.00 bits per heavy atom. The van der Waals surface area contributed by atoms with Crippen molar-refractivity contribution in [1.82, 2.24) is 19.0 Å². The number of hydrogen-bond acceptors (Lipinski definition) is 5. The summed E-state index contributed by atoms with van der Waals surface area (Å²) in [5, 5.41) is 2.31. The maximum Gasteiger partial charge on any atom is 0.265 e. The Bertz CT molecular complexity index is 1090. The first-order valence-electron chi connectivity index (χ1n) is 9.36. The molecule has 1 aliphatic rings. The molecule has 0 atom stereocenters. The van der Waals surface area contributed by atoms with Crippen LogP contribution >= 0.6 is 0 Å². The highest BCUT2D eigenvalue weighted by Gasteiger charge is 2.30. The van der Waals surface area contributed by atoms with E-state index in [0.717, 1.165) is 22.4 Å². The zero-order chi connectivity index (χ0) is 21.2. The molecule has 1 aromatic carbocycles.